The molecule has 5 N–H and O–H groups in total. The van der Waals surface area contributed by atoms with E-state index in [0.717, 1.165) is 15.4 Å². The van der Waals surface area contributed by atoms with Crippen LogP contribution in [0, 0.1) is 12.7 Å². The Morgan fingerprint density at radius 2 is 1.74 bits per heavy atom. The van der Waals surface area contributed by atoms with Crippen LogP contribution in [0.1, 0.15) is 17.5 Å². The Morgan fingerprint density at radius 3 is 2.29 bits per heavy atom. The highest BCUT2D eigenvalue weighted by Gasteiger charge is 2.43. The normalized spacial score (nSPS) is 13.5. The first-order valence-corrected chi connectivity index (χ1v) is 13.1. The van der Waals surface area contributed by atoms with E-state index in [1.807, 2.05) is 37.3 Å². The van der Waals surface area contributed by atoms with Crippen molar-refractivity contribution in [3.05, 3.63) is 82.6 Å². The largest absolute Gasteiger partial charge is 0.394 e. The second-order valence-electron chi connectivity index (χ2n) is 8.03. The van der Waals surface area contributed by atoms with Crippen molar-refractivity contribution in [2.75, 3.05) is 6.61 Å². The first-order valence-electron chi connectivity index (χ1n) is 10.3. The average molecular weight is 524 g/mol. The maximum absolute atomic E-state index is 14.9. The fraction of sp³-hybridized carbons (Fsp3) is 0.208. The number of benzene rings is 3. The molecule has 0 radical (unpaired) electrons. The molecular formula is C24H24ClFNO5PS. The number of hydrogen-bond acceptors (Lipinski definition) is 5. The molecule has 0 heterocycles. The van der Waals surface area contributed by atoms with Crippen molar-refractivity contribution in [3.63, 3.8) is 0 Å². The molecule has 0 spiro atoms. The lowest BCUT2D eigenvalue weighted by Crippen LogP contribution is -2.51. The molecule has 0 aliphatic carbocycles. The van der Waals surface area contributed by atoms with Crippen LogP contribution in [-0.4, -0.2) is 32.6 Å². The Kier molecular flexibility index (Phi) is 8.37. The van der Waals surface area contributed by atoms with E-state index in [9.17, 15) is 18.9 Å². The first-order chi connectivity index (χ1) is 15.9. The zero-order chi connectivity index (χ0) is 25.1. The highest BCUT2D eigenvalue weighted by Crippen LogP contribution is 2.41. The molecule has 0 amide bonds. The van der Waals surface area contributed by atoms with Gasteiger partial charge in [0.1, 0.15) is 11.4 Å². The SMILES string of the molecule is Cc1ccc(Sc2ccc(-c3ccc(CCC(N)(CO)C(=O)P(=O)(O)O)c(Cl)c3)c(F)c2)cc1. The van der Waals surface area contributed by atoms with Crippen molar-refractivity contribution in [1.29, 1.82) is 0 Å². The van der Waals surface area contributed by atoms with E-state index in [4.69, 9.17) is 27.1 Å². The molecule has 1 atom stereocenters. The Bertz CT molecular complexity index is 1250. The van der Waals surface area contributed by atoms with Gasteiger partial charge < -0.3 is 20.6 Å². The van der Waals surface area contributed by atoms with E-state index in [0.29, 0.717) is 16.7 Å². The molecule has 0 saturated carbocycles. The summed E-state index contributed by atoms with van der Waals surface area (Å²) in [7, 11) is -5.11. The van der Waals surface area contributed by atoms with Gasteiger partial charge in [0.25, 0.3) is 5.52 Å². The van der Waals surface area contributed by atoms with Gasteiger partial charge in [0, 0.05) is 20.4 Å². The predicted octanol–water partition coefficient (Wildman–Crippen LogP) is 4.93. The monoisotopic (exact) mass is 523 g/mol. The lowest BCUT2D eigenvalue weighted by atomic mass is 9.93. The minimum Gasteiger partial charge on any atom is -0.394 e. The number of aryl methyl sites for hydroxylation is 2. The van der Waals surface area contributed by atoms with Crippen LogP contribution in [0.15, 0.2) is 70.5 Å². The van der Waals surface area contributed by atoms with Gasteiger partial charge in [-0.1, -0.05) is 59.3 Å². The molecule has 34 heavy (non-hydrogen) atoms. The molecular weight excluding hydrogens is 500 g/mol. The molecule has 3 aromatic carbocycles. The maximum Gasteiger partial charge on any atom is 0.393 e. The van der Waals surface area contributed by atoms with Gasteiger partial charge in [-0.25, -0.2) is 4.39 Å². The van der Waals surface area contributed by atoms with Gasteiger partial charge >= 0.3 is 7.60 Å². The van der Waals surface area contributed by atoms with E-state index >= 15 is 0 Å². The molecule has 10 heteroatoms. The van der Waals surface area contributed by atoms with Crippen molar-refractivity contribution in [3.8, 4) is 11.1 Å². The number of carbonyl (C=O) groups excluding carboxylic acids is 1. The summed E-state index contributed by atoms with van der Waals surface area (Å²) in [4.78, 5) is 31.9. The molecule has 0 aliphatic rings. The molecule has 1 unspecified atom stereocenters. The topological polar surface area (TPSA) is 121 Å². The quantitative estimate of drug-likeness (QED) is 0.293. The Labute approximate surface area is 206 Å². The highest BCUT2D eigenvalue weighted by molar-refractivity contribution is 7.99. The van der Waals surface area contributed by atoms with E-state index in [-0.39, 0.29) is 17.9 Å². The summed E-state index contributed by atoms with van der Waals surface area (Å²) in [6.07, 6.45) is -0.150. The van der Waals surface area contributed by atoms with Crippen LogP contribution in [0.2, 0.25) is 5.02 Å². The third-order valence-corrected chi connectivity index (χ3v) is 7.70. The van der Waals surface area contributed by atoms with Crippen LogP contribution in [0.5, 0.6) is 0 Å². The van der Waals surface area contributed by atoms with E-state index < -0.39 is 31.1 Å². The fourth-order valence-corrected chi connectivity index (χ4v) is 5.24. The molecule has 0 aliphatic heterocycles. The maximum atomic E-state index is 14.9. The number of halogens is 2. The molecule has 3 rings (SSSR count). The average Bonchev–Trinajstić information content (AvgIpc) is 2.78. The van der Waals surface area contributed by atoms with Gasteiger partial charge in [0.2, 0.25) is 0 Å². The number of rotatable bonds is 9. The summed E-state index contributed by atoms with van der Waals surface area (Å²) < 4.78 is 26.2. The van der Waals surface area contributed by atoms with Gasteiger partial charge in [-0.05, 0) is 61.2 Å². The predicted molar refractivity (Wildman–Crippen MR) is 132 cm³/mol. The summed E-state index contributed by atoms with van der Waals surface area (Å²) in [6, 6.07) is 17.8. The van der Waals surface area contributed by atoms with Crippen LogP contribution >= 0.6 is 31.0 Å². The Balaban J connectivity index is 1.76. The van der Waals surface area contributed by atoms with Crippen molar-refractivity contribution in [2.24, 2.45) is 5.73 Å². The number of aliphatic hydroxyl groups excluding tert-OH is 1. The minimum absolute atomic E-state index is 0.0799. The van der Waals surface area contributed by atoms with Crippen LogP contribution in [-0.2, 0) is 15.8 Å². The van der Waals surface area contributed by atoms with Crippen LogP contribution < -0.4 is 5.73 Å². The second kappa shape index (κ2) is 10.7. The first kappa shape index (κ1) is 26.6. The van der Waals surface area contributed by atoms with Gasteiger partial charge in [-0.3, -0.25) is 9.36 Å². The molecule has 0 saturated heterocycles. The summed E-state index contributed by atoms with van der Waals surface area (Å²) >= 11 is 7.81. The standard InChI is InChI=1S/C24H24ClFNO5PS/c1-15-2-6-18(7-3-15)34-19-8-9-20(22(26)13-19)17-5-4-16(21(25)12-17)10-11-24(27,14-28)23(29)33(30,31)32/h2-9,12-13,28H,10-11,14,27H2,1H3,(H2,30,31,32). The van der Waals surface area contributed by atoms with E-state index in [1.54, 1.807) is 24.3 Å². The lowest BCUT2D eigenvalue weighted by molar-refractivity contribution is -0.119. The Hall–Kier alpha value is -2.03. The summed E-state index contributed by atoms with van der Waals surface area (Å²) in [6.45, 7) is 1.07. The molecule has 3 aromatic rings. The van der Waals surface area contributed by atoms with Crippen molar-refractivity contribution in [1.82, 2.24) is 0 Å². The van der Waals surface area contributed by atoms with Crippen LogP contribution in [0.4, 0.5) is 4.39 Å². The van der Waals surface area contributed by atoms with Crippen molar-refractivity contribution in [2.45, 2.75) is 35.1 Å². The molecule has 6 nitrogen and oxygen atoms in total. The molecule has 180 valence electrons. The molecule has 0 bridgehead atoms. The summed E-state index contributed by atoms with van der Waals surface area (Å²) in [5.74, 6) is -0.408. The summed E-state index contributed by atoms with van der Waals surface area (Å²) in [5, 5.41) is 9.73. The Morgan fingerprint density at radius 1 is 1.09 bits per heavy atom. The van der Waals surface area contributed by atoms with Gasteiger partial charge in [0.15, 0.2) is 0 Å². The van der Waals surface area contributed by atoms with E-state index in [1.165, 1.54) is 17.8 Å². The zero-order valence-electron chi connectivity index (χ0n) is 18.2. The van der Waals surface area contributed by atoms with E-state index in [2.05, 4.69) is 0 Å². The lowest BCUT2D eigenvalue weighted by Gasteiger charge is -2.25. The second-order valence-corrected chi connectivity index (χ2v) is 11.1. The number of hydrogen-bond donors (Lipinski definition) is 4. The van der Waals surface area contributed by atoms with Crippen molar-refractivity contribution < 1.29 is 28.6 Å². The van der Waals surface area contributed by atoms with Gasteiger partial charge in [0.05, 0.1) is 6.61 Å². The summed E-state index contributed by atoms with van der Waals surface area (Å²) in [5.41, 5.74) is 4.73. The highest BCUT2D eigenvalue weighted by atomic mass is 35.5. The van der Waals surface area contributed by atoms with Crippen LogP contribution in [0.25, 0.3) is 11.1 Å². The fourth-order valence-electron chi connectivity index (χ4n) is 3.35. The smallest absolute Gasteiger partial charge is 0.393 e. The number of nitrogens with two attached hydrogens (primary N) is 1. The minimum atomic E-state index is -5.11. The molecule has 0 fully saturated rings. The third kappa shape index (κ3) is 6.34. The third-order valence-electron chi connectivity index (χ3n) is 5.37. The van der Waals surface area contributed by atoms with Crippen LogP contribution in [0.3, 0.4) is 0 Å². The van der Waals surface area contributed by atoms with Gasteiger partial charge in [-0.2, -0.15) is 0 Å². The zero-order valence-corrected chi connectivity index (χ0v) is 20.7. The van der Waals surface area contributed by atoms with Crippen molar-refractivity contribution >= 4 is 36.5 Å². The van der Waals surface area contributed by atoms with Gasteiger partial charge in [-0.15, -0.1) is 0 Å². The number of carbonyl (C=O) groups is 1. The molecule has 0 aromatic heterocycles. The number of aliphatic hydroxyl groups is 1.